The molecule has 0 spiro atoms. The normalized spacial score (nSPS) is 10.4. The number of aryl methyl sites for hydroxylation is 3. The average Bonchev–Trinajstić information content (AvgIpc) is 2.33. The summed E-state index contributed by atoms with van der Waals surface area (Å²) in [6.07, 6.45) is 0. The van der Waals surface area contributed by atoms with Crippen molar-refractivity contribution in [2.75, 3.05) is 0 Å². The van der Waals surface area contributed by atoms with Crippen molar-refractivity contribution in [2.24, 2.45) is 0 Å². The van der Waals surface area contributed by atoms with Crippen LogP contribution in [-0.4, -0.2) is 0 Å². The van der Waals surface area contributed by atoms with E-state index in [1.807, 2.05) is 0 Å². The second kappa shape index (κ2) is 5.57. The number of rotatable bonds is 3. The SMILES string of the molecule is Cc1cccc(COc2cc(C)c(Br)c(C)c2)c1. The highest BCUT2D eigenvalue weighted by Crippen LogP contribution is 2.26. The molecule has 2 rings (SSSR count). The Hall–Kier alpha value is -1.28. The van der Waals surface area contributed by atoms with Crippen molar-refractivity contribution < 1.29 is 4.74 Å². The van der Waals surface area contributed by atoms with Gasteiger partial charge in [0, 0.05) is 4.47 Å². The lowest BCUT2D eigenvalue weighted by Gasteiger charge is -2.10. The molecule has 2 heteroatoms. The molecule has 0 saturated heterocycles. The van der Waals surface area contributed by atoms with E-state index in [1.54, 1.807) is 0 Å². The van der Waals surface area contributed by atoms with E-state index in [0.717, 1.165) is 10.2 Å². The summed E-state index contributed by atoms with van der Waals surface area (Å²) in [5, 5.41) is 0. The van der Waals surface area contributed by atoms with Crippen LogP contribution in [-0.2, 0) is 6.61 Å². The molecule has 0 aliphatic heterocycles. The molecule has 2 aromatic carbocycles. The molecule has 1 nitrogen and oxygen atoms in total. The van der Waals surface area contributed by atoms with Crippen LogP contribution in [0.1, 0.15) is 22.3 Å². The summed E-state index contributed by atoms with van der Waals surface area (Å²) in [7, 11) is 0. The Bertz CT molecular complexity index is 538. The fourth-order valence-electron chi connectivity index (χ4n) is 1.96. The molecule has 18 heavy (non-hydrogen) atoms. The summed E-state index contributed by atoms with van der Waals surface area (Å²) in [4.78, 5) is 0. The van der Waals surface area contributed by atoms with Crippen LogP contribution in [0.25, 0.3) is 0 Å². The van der Waals surface area contributed by atoms with Gasteiger partial charge in [0.2, 0.25) is 0 Å². The molecular formula is C16H17BrO. The van der Waals surface area contributed by atoms with Crippen molar-refractivity contribution >= 4 is 15.9 Å². The van der Waals surface area contributed by atoms with Gasteiger partial charge in [-0.15, -0.1) is 0 Å². The lowest BCUT2D eigenvalue weighted by Crippen LogP contribution is -1.97. The van der Waals surface area contributed by atoms with Crippen LogP contribution < -0.4 is 4.74 Å². The zero-order valence-corrected chi connectivity index (χ0v) is 12.5. The van der Waals surface area contributed by atoms with Gasteiger partial charge in [0.25, 0.3) is 0 Å². The second-order valence-electron chi connectivity index (χ2n) is 4.65. The Morgan fingerprint density at radius 1 is 1.00 bits per heavy atom. The van der Waals surface area contributed by atoms with Crippen molar-refractivity contribution in [2.45, 2.75) is 27.4 Å². The first kappa shape index (κ1) is 13.2. The molecule has 0 atom stereocenters. The zero-order valence-electron chi connectivity index (χ0n) is 11.0. The first-order valence-electron chi connectivity index (χ1n) is 6.01. The largest absolute Gasteiger partial charge is 0.489 e. The predicted octanol–water partition coefficient (Wildman–Crippen LogP) is 4.95. The number of hydrogen-bond donors (Lipinski definition) is 0. The molecular weight excluding hydrogens is 288 g/mol. The van der Waals surface area contributed by atoms with Crippen molar-refractivity contribution in [1.82, 2.24) is 0 Å². The summed E-state index contributed by atoms with van der Waals surface area (Å²) in [5.74, 6) is 0.926. The van der Waals surface area contributed by atoms with Gasteiger partial charge in [-0.25, -0.2) is 0 Å². The summed E-state index contributed by atoms with van der Waals surface area (Å²) in [5.41, 5.74) is 4.87. The monoisotopic (exact) mass is 304 g/mol. The molecule has 0 heterocycles. The lowest BCUT2D eigenvalue weighted by molar-refractivity contribution is 0.305. The van der Waals surface area contributed by atoms with Crippen LogP contribution >= 0.6 is 15.9 Å². The van der Waals surface area contributed by atoms with Gasteiger partial charge >= 0.3 is 0 Å². The summed E-state index contributed by atoms with van der Waals surface area (Å²) < 4.78 is 7.00. The number of halogens is 1. The third-order valence-electron chi connectivity index (χ3n) is 2.90. The minimum absolute atomic E-state index is 0.613. The van der Waals surface area contributed by atoms with Crippen molar-refractivity contribution in [3.05, 3.63) is 63.1 Å². The van der Waals surface area contributed by atoms with E-state index in [1.165, 1.54) is 22.3 Å². The summed E-state index contributed by atoms with van der Waals surface area (Å²) in [6, 6.07) is 12.5. The van der Waals surface area contributed by atoms with E-state index >= 15 is 0 Å². The minimum Gasteiger partial charge on any atom is -0.489 e. The van der Waals surface area contributed by atoms with Crippen LogP contribution in [0.4, 0.5) is 0 Å². The highest BCUT2D eigenvalue weighted by molar-refractivity contribution is 9.10. The van der Waals surface area contributed by atoms with Gasteiger partial charge in [0.05, 0.1) is 0 Å². The third-order valence-corrected chi connectivity index (χ3v) is 4.15. The Balaban J connectivity index is 2.11. The predicted molar refractivity (Wildman–Crippen MR) is 79.1 cm³/mol. The Labute approximate surface area is 117 Å². The smallest absolute Gasteiger partial charge is 0.120 e. The number of hydrogen-bond acceptors (Lipinski definition) is 1. The summed E-state index contributed by atoms with van der Waals surface area (Å²) in [6.45, 7) is 6.87. The van der Waals surface area contributed by atoms with E-state index in [4.69, 9.17) is 4.74 Å². The average molecular weight is 305 g/mol. The van der Waals surface area contributed by atoms with Crippen molar-refractivity contribution in [3.8, 4) is 5.75 Å². The lowest BCUT2D eigenvalue weighted by atomic mass is 10.1. The van der Waals surface area contributed by atoms with Crippen LogP contribution in [0.3, 0.4) is 0 Å². The zero-order chi connectivity index (χ0) is 13.1. The molecule has 0 fully saturated rings. The van der Waals surface area contributed by atoms with Gasteiger partial charge in [0.1, 0.15) is 12.4 Å². The molecule has 0 amide bonds. The molecule has 0 saturated carbocycles. The maximum Gasteiger partial charge on any atom is 0.120 e. The first-order valence-corrected chi connectivity index (χ1v) is 6.80. The van der Waals surface area contributed by atoms with E-state index in [9.17, 15) is 0 Å². The summed E-state index contributed by atoms with van der Waals surface area (Å²) >= 11 is 3.56. The molecule has 0 aliphatic carbocycles. The topological polar surface area (TPSA) is 9.23 Å². The van der Waals surface area contributed by atoms with E-state index in [-0.39, 0.29) is 0 Å². The molecule has 0 radical (unpaired) electrons. The highest BCUT2D eigenvalue weighted by Gasteiger charge is 2.03. The minimum atomic E-state index is 0.613. The van der Waals surface area contributed by atoms with Crippen molar-refractivity contribution in [1.29, 1.82) is 0 Å². The fraction of sp³-hybridized carbons (Fsp3) is 0.250. The van der Waals surface area contributed by atoms with E-state index in [2.05, 4.69) is 73.1 Å². The van der Waals surface area contributed by atoms with Crippen molar-refractivity contribution in [3.63, 3.8) is 0 Å². The van der Waals surface area contributed by atoms with Gasteiger partial charge in [-0.2, -0.15) is 0 Å². The maximum absolute atomic E-state index is 5.84. The molecule has 0 aliphatic rings. The number of benzene rings is 2. The van der Waals surface area contributed by atoms with Crippen LogP contribution in [0.2, 0.25) is 0 Å². The standard InChI is InChI=1S/C16H17BrO/c1-11-5-4-6-14(7-11)10-18-15-8-12(2)16(17)13(3)9-15/h4-9H,10H2,1-3H3. The quantitative estimate of drug-likeness (QED) is 0.779. The fourth-order valence-corrected chi connectivity index (χ4v) is 2.19. The number of ether oxygens (including phenoxy) is 1. The Kier molecular flexibility index (Phi) is 4.07. The van der Waals surface area contributed by atoms with Gasteiger partial charge in [-0.05, 0) is 49.6 Å². The van der Waals surface area contributed by atoms with Crippen LogP contribution in [0.5, 0.6) is 5.75 Å². The van der Waals surface area contributed by atoms with E-state index < -0.39 is 0 Å². The van der Waals surface area contributed by atoms with Gasteiger partial charge in [-0.3, -0.25) is 0 Å². The molecule has 94 valence electrons. The van der Waals surface area contributed by atoms with E-state index in [0.29, 0.717) is 6.61 Å². The molecule has 0 N–H and O–H groups in total. The Morgan fingerprint density at radius 2 is 1.67 bits per heavy atom. The molecule has 0 aromatic heterocycles. The molecule has 0 bridgehead atoms. The van der Waals surface area contributed by atoms with Gasteiger partial charge in [-0.1, -0.05) is 45.8 Å². The highest BCUT2D eigenvalue weighted by atomic mass is 79.9. The van der Waals surface area contributed by atoms with Crippen LogP contribution in [0.15, 0.2) is 40.9 Å². The van der Waals surface area contributed by atoms with Gasteiger partial charge < -0.3 is 4.74 Å². The molecule has 2 aromatic rings. The van der Waals surface area contributed by atoms with Gasteiger partial charge in [0.15, 0.2) is 0 Å². The van der Waals surface area contributed by atoms with Crippen LogP contribution in [0, 0.1) is 20.8 Å². The molecule has 0 unspecified atom stereocenters. The Morgan fingerprint density at radius 3 is 2.28 bits per heavy atom. The third kappa shape index (κ3) is 3.14. The first-order chi connectivity index (χ1) is 8.56. The second-order valence-corrected chi connectivity index (χ2v) is 5.44. The maximum atomic E-state index is 5.84.